The molecule has 0 bridgehead atoms. The standard InChI is InChI=1S/C15H16N4O5S/c20-15-7-6-14(11-4-5-11)17-18(15)9-8-16-25(23,24)13-3-1-2-12(10-13)19(21)22/h1-3,6-7,10-11,16H,4-5,8-9H2. The molecule has 1 aliphatic carbocycles. The van der Waals surface area contributed by atoms with Gasteiger partial charge in [-0.05, 0) is 25.0 Å². The number of hydrogen-bond acceptors (Lipinski definition) is 6. The molecule has 1 fully saturated rings. The molecule has 1 aliphatic rings. The van der Waals surface area contributed by atoms with Gasteiger partial charge in [-0.2, -0.15) is 5.10 Å². The van der Waals surface area contributed by atoms with Crippen LogP contribution in [0, 0.1) is 10.1 Å². The van der Waals surface area contributed by atoms with E-state index in [1.54, 1.807) is 6.07 Å². The lowest BCUT2D eigenvalue weighted by Crippen LogP contribution is -2.32. The number of sulfonamides is 1. The van der Waals surface area contributed by atoms with Crippen molar-refractivity contribution in [2.75, 3.05) is 6.54 Å². The lowest BCUT2D eigenvalue weighted by atomic mass is 10.3. The summed E-state index contributed by atoms with van der Waals surface area (Å²) in [6, 6.07) is 7.90. The second-order valence-corrected chi connectivity index (χ2v) is 7.51. The van der Waals surface area contributed by atoms with Crippen molar-refractivity contribution >= 4 is 15.7 Å². The Morgan fingerprint density at radius 2 is 2.04 bits per heavy atom. The Morgan fingerprint density at radius 1 is 1.28 bits per heavy atom. The van der Waals surface area contributed by atoms with Crippen molar-refractivity contribution in [1.29, 1.82) is 0 Å². The molecular formula is C15H16N4O5S. The Kier molecular flexibility index (Phi) is 4.64. The molecule has 1 heterocycles. The number of nitro groups is 1. The Balaban J connectivity index is 1.69. The van der Waals surface area contributed by atoms with Gasteiger partial charge in [0, 0.05) is 30.7 Å². The highest BCUT2D eigenvalue weighted by atomic mass is 32.2. The van der Waals surface area contributed by atoms with E-state index in [0.29, 0.717) is 5.92 Å². The van der Waals surface area contributed by atoms with Gasteiger partial charge in [0.25, 0.3) is 11.2 Å². The van der Waals surface area contributed by atoms with E-state index in [-0.39, 0.29) is 29.2 Å². The molecular weight excluding hydrogens is 348 g/mol. The Bertz CT molecular complexity index is 966. The smallest absolute Gasteiger partial charge is 0.268 e. The third-order valence-electron chi connectivity index (χ3n) is 3.84. The van der Waals surface area contributed by atoms with E-state index in [9.17, 15) is 23.3 Å². The van der Waals surface area contributed by atoms with Gasteiger partial charge in [-0.15, -0.1) is 0 Å². The maximum atomic E-state index is 12.2. The molecule has 1 N–H and O–H groups in total. The topological polar surface area (TPSA) is 124 Å². The second kappa shape index (κ2) is 6.73. The lowest BCUT2D eigenvalue weighted by molar-refractivity contribution is -0.385. The van der Waals surface area contributed by atoms with Crippen LogP contribution in [0.2, 0.25) is 0 Å². The maximum Gasteiger partial charge on any atom is 0.270 e. The van der Waals surface area contributed by atoms with Crippen LogP contribution in [0.5, 0.6) is 0 Å². The summed E-state index contributed by atoms with van der Waals surface area (Å²) in [7, 11) is -3.91. The van der Waals surface area contributed by atoms with Crippen LogP contribution in [0.4, 0.5) is 5.69 Å². The van der Waals surface area contributed by atoms with Gasteiger partial charge in [-0.25, -0.2) is 17.8 Å². The zero-order valence-electron chi connectivity index (χ0n) is 13.2. The van der Waals surface area contributed by atoms with Crippen molar-refractivity contribution in [3.05, 3.63) is 62.6 Å². The molecule has 1 saturated carbocycles. The van der Waals surface area contributed by atoms with Gasteiger partial charge in [0.2, 0.25) is 10.0 Å². The van der Waals surface area contributed by atoms with Crippen molar-refractivity contribution in [3.8, 4) is 0 Å². The van der Waals surface area contributed by atoms with Crippen molar-refractivity contribution < 1.29 is 13.3 Å². The third kappa shape index (κ3) is 4.09. The van der Waals surface area contributed by atoms with Crippen LogP contribution < -0.4 is 10.3 Å². The van der Waals surface area contributed by atoms with E-state index in [1.165, 1.54) is 28.9 Å². The van der Waals surface area contributed by atoms with Gasteiger partial charge < -0.3 is 0 Å². The molecule has 132 valence electrons. The lowest BCUT2D eigenvalue weighted by Gasteiger charge is -2.09. The number of benzene rings is 1. The predicted molar refractivity (Wildman–Crippen MR) is 88.8 cm³/mol. The van der Waals surface area contributed by atoms with Gasteiger partial charge in [-0.3, -0.25) is 14.9 Å². The monoisotopic (exact) mass is 364 g/mol. The predicted octanol–water partition coefficient (Wildman–Crippen LogP) is 1.01. The Labute approximate surface area is 143 Å². The summed E-state index contributed by atoms with van der Waals surface area (Å²) in [6.45, 7) is 0.0274. The molecule has 9 nitrogen and oxygen atoms in total. The molecule has 0 unspecified atom stereocenters. The van der Waals surface area contributed by atoms with E-state index in [0.717, 1.165) is 24.6 Å². The van der Waals surface area contributed by atoms with E-state index >= 15 is 0 Å². The number of nitro benzene ring substituents is 1. The maximum absolute atomic E-state index is 12.2. The minimum Gasteiger partial charge on any atom is -0.268 e. The molecule has 1 aromatic heterocycles. The highest BCUT2D eigenvalue weighted by Gasteiger charge is 2.25. The first kappa shape index (κ1) is 17.2. The molecule has 0 saturated heterocycles. The quantitative estimate of drug-likeness (QED) is 0.577. The zero-order valence-corrected chi connectivity index (χ0v) is 14.0. The zero-order chi connectivity index (χ0) is 18.0. The Hall–Kier alpha value is -2.59. The van der Waals surface area contributed by atoms with E-state index in [1.807, 2.05) is 0 Å². The number of rotatable bonds is 7. The summed E-state index contributed by atoms with van der Waals surface area (Å²) in [5.74, 6) is 0.383. The first-order chi connectivity index (χ1) is 11.9. The molecule has 25 heavy (non-hydrogen) atoms. The SMILES string of the molecule is O=c1ccc(C2CC2)nn1CCNS(=O)(=O)c1cccc([N+](=O)[O-])c1. The molecule has 2 aromatic rings. The fourth-order valence-electron chi connectivity index (χ4n) is 2.36. The molecule has 0 amide bonds. The summed E-state index contributed by atoms with van der Waals surface area (Å²) in [5.41, 5.74) is 0.220. The van der Waals surface area contributed by atoms with Crippen molar-refractivity contribution in [2.45, 2.75) is 30.2 Å². The molecule has 0 aliphatic heterocycles. The van der Waals surface area contributed by atoms with Crippen LogP contribution in [0.3, 0.4) is 0 Å². The minimum atomic E-state index is -3.91. The summed E-state index contributed by atoms with van der Waals surface area (Å²) < 4.78 is 28.0. The summed E-state index contributed by atoms with van der Waals surface area (Å²) in [6.07, 6.45) is 2.09. The summed E-state index contributed by atoms with van der Waals surface area (Å²) in [5, 5.41) is 15.0. The highest BCUT2D eigenvalue weighted by molar-refractivity contribution is 7.89. The van der Waals surface area contributed by atoms with Crippen molar-refractivity contribution in [1.82, 2.24) is 14.5 Å². The van der Waals surface area contributed by atoms with Crippen LogP contribution >= 0.6 is 0 Å². The summed E-state index contributed by atoms with van der Waals surface area (Å²) in [4.78, 5) is 21.7. The molecule has 1 aromatic carbocycles. The first-order valence-electron chi connectivity index (χ1n) is 7.69. The first-order valence-corrected chi connectivity index (χ1v) is 9.17. The van der Waals surface area contributed by atoms with Crippen LogP contribution in [0.25, 0.3) is 0 Å². The van der Waals surface area contributed by atoms with E-state index in [2.05, 4.69) is 9.82 Å². The highest BCUT2D eigenvalue weighted by Crippen LogP contribution is 2.38. The van der Waals surface area contributed by atoms with Crippen LogP contribution in [-0.2, 0) is 16.6 Å². The molecule has 0 radical (unpaired) electrons. The fourth-order valence-corrected chi connectivity index (χ4v) is 3.42. The van der Waals surface area contributed by atoms with Gasteiger partial charge in [0.15, 0.2) is 0 Å². The van der Waals surface area contributed by atoms with Gasteiger partial charge >= 0.3 is 0 Å². The third-order valence-corrected chi connectivity index (χ3v) is 5.30. The molecule has 10 heteroatoms. The summed E-state index contributed by atoms with van der Waals surface area (Å²) >= 11 is 0. The number of nitrogens with zero attached hydrogens (tertiary/aromatic N) is 3. The number of non-ortho nitro benzene ring substituents is 1. The van der Waals surface area contributed by atoms with E-state index < -0.39 is 14.9 Å². The van der Waals surface area contributed by atoms with Gasteiger partial charge in [0.1, 0.15) is 0 Å². The Morgan fingerprint density at radius 3 is 2.72 bits per heavy atom. The molecule has 3 rings (SSSR count). The normalized spacial score (nSPS) is 14.4. The van der Waals surface area contributed by atoms with Crippen LogP contribution in [-0.4, -0.2) is 29.7 Å². The average Bonchev–Trinajstić information content (AvgIpc) is 3.41. The van der Waals surface area contributed by atoms with Gasteiger partial charge in [-0.1, -0.05) is 6.07 Å². The van der Waals surface area contributed by atoms with Crippen molar-refractivity contribution in [3.63, 3.8) is 0 Å². The van der Waals surface area contributed by atoms with Gasteiger partial charge in [0.05, 0.1) is 22.1 Å². The van der Waals surface area contributed by atoms with Crippen molar-refractivity contribution in [2.24, 2.45) is 0 Å². The average molecular weight is 364 g/mol. The van der Waals surface area contributed by atoms with E-state index in [4.69, 9.17) is 0 Å². The van der Waals surface area contributed by atoms with Crippen LogP contribution in [0.15, 0.2) is 46.1 Å². The second-order valence-electron chi connectivity index (χ2n) is 5.75. The molecule has 0 atom stereocenters. The van der Waals surface area contributed by atoms with Crippen LogP contribution in [0.1, 0.15) is 24.5 Å². The number of aromatic nitrogens is 2. The fraction of sp³-hybridized carbons (Fsp3) is 0.333. The molecule has 0 spiro atoms. The number of hydrogen-bond donors (Lipinski definition) is 1. The minimum absolute atomic E-state index is 0.0496. The number of nitrogens with one attached hydrogen (secondary N) is 1. The largest absolute Gasteiger partial charge is 0.270 e.